The average molecular weight is 331 g/mol. The van der Waals surface area contributed by atoms with Crippen LogP contribution in [-0.2, 0) is 16.0 Å². The topological polar surface area (TPSA) is 64.4 Å². The molecular weight excluding hydrogens is 311 g/mol. The summed E-state index contributed by atoms with van der Waals surface area (Å²) >= 11 is 12.2. The third-order valence-electron chi connectivity index (χ3n) is 4.04. The van der Waals surface area contributed by atoms with Crippen LogP contribution in [0.25, 0.3) is 0 Å². The van der Waals surface area contributed by atoms with E-state index >= 15 is 0 Å². The molecule has 0 radical (unpaired) electrons. The molecule has 6 heteroatoms. The number of amides is 1. The molecule has 1 aromatic carbocycles. The Bertz CT molecular complexity index is 482. The van der Waals surface area contributed by atoms with Crippen LogP contribution in [0.5, 0.6) is 0 Å². The molecule has 2 rings (SSSR count). The van der Waals surface area contributed by atoms with Crippen molar-refractivity contribution in [3.8, 4) is 0 Å². The number of nitrogens with two attached hydrogens (primary N) is 1. The molecule has 3 N–H and O–H groups in total. The summed E-state index contributed by atoms with van der Waals surface area (Å²) in [5.74, 6) is -0.00326. The first-order valence-corrected chi connectivity index (χ1v) is 7.84. The number of carbonyl (C=O) groups excluding carboxylic acids is 1. The minimum Gasteiger partial charge on any atom is -0.381 e. The highest BCUT2D eigenvalue weighted by Gasteiger charge is 2.38. The Labute approximate surface area is 134 Å². The van der Waals surface area contributed by atoms with E-state index in [2.05, 4.69) is 5.32 Å². The minimum absolute atomic E-state index is 0.00326. The zero-order valence-corrected chi connectivity index (χ0v) is 13.3. The van der Waals surface area contributed by atoms with Crippen LogP contribution in [0, 0.1) is 5.41 Å². The van der Waals surface area contributed by atoms with Gasteiger partial charge in [-0.1, -0.05) is 29.3 Å². The van der Waals surface area contributed by atoms with Crippen molar-refractivity contribution in [2.75, 3.05) is 26.3 Å². The van der Waals surface area contributed by atoms with Gasteiger partial charge in [-0.25, -0.2) is 0 Å². The van der Waals surface area contributed by atoms with Crippen molar-refractivity contribution in [1.82, 2.24) is 5.32 Å². The number of hydrogen-bond acceptors (Lipinski definition) is 3. The summed E-state index contributed by atoms with van der Waals surface area (Å²) in [5, 5.41) is 4.20. The largest absolute Gasteiger partial charge is 0.381 e. The van der Waals surface area contributed by atoms with Crippen molar-refractivity contribution in [1.29, 1.82) is 0 Å². The predicted molar refractivity (Wildman–Crippen MR) is 84.7 cm³/mol. The van der Waals surface area contributed by atoms with Crippen LogP contribution < -0.4 is 11.1 Å². The summed E-state index contributed by atoms with van der Waals surface area (Å²) in [7, 11) is 0. The van der Waals surface area contributed by atoms with Crippen LogP contribution in [0.4, 0.5) is 0 Å². The van der Waals surface area contributed by atoms with Gasteiger partial charge in [0.2, 0.25) is 5.91 Å². The van der Waals surface area contributed by atoms with Crippen LogP contribution in [0.3, 0.4) is 0 Å². The fourth-order valence-electron chi connectivity index (χ4n) is 2.55. The number of hydrogen-bond donors (Lipinski definition) is 2. The Kier molecular flexibility index (Phi) is 5.88. The molecule has 0 bridgehead atoms. The van der Waals surface area contributed by atoms with Gasteiger partial charge in [-0.2, -0.15) is 0 Å². The number of carbonyl (C=O) groups is 1. The van der Waals surface area contributed by atoms with Crippen molar-refractivity contribution in [3.63, 3.8) is 0 Å². The quantitative estimate of drug-likeness (QED) is 0.871. The fraction of sp³-hybridized carbons (Fsp3) is 0.533. The van der Waals surface area contributed by atoms with Gasteiger partial charge in [0.05, 0.1) is 5.41 Å². The van der Waals surface area contributed by atoms with Gasteiger partial charge in [0.1, 0.15) is 0 Å². The van der Waals surface area contributed by atoms with E-state index in [1.807, 2.05) is 0 Å². The lowest BCUT2D eigenvalue weighted by Gasteiger charge is -2.34. The van der Waals surface area contributed by atoms with Crippen LogP contribution in [0.1, 0.15) is 18.4 Å². The Morgan fingerprint density at radius 3 is 2.48 bits per heavy atom. The van der Waals surface area contributed by atoms with Gasteiger partial charge >= 0.3 is 0 Å². The number of rotatable bonds is 5. The highest BCUT2D eigenvalue weighted by Crippen LogP contribution is 2.29. The van der Waals surface area contributed by atoms with E-state index in [0.29, 0.717) is 55.6 Å². The maximum Gasteiger partial charge on any atom is 0.227 e. The summed E-state index contributed by atoms with van der Waals surface area (Å²) in [4.78, 5) is 12.4. The third-order valence-corrected chi connectivity index (χ3v) is 4.75. The molecule has 0 aliphatic carbocycles. The van der Waals surface area contributed by atoms with Gasteiger partial charge in [0, 0.05) is 36.3 Å². The second-order valence-corrected chi connectivity index (χ2v) is 6.12. The van der Waals surface area contributed by atoms with E-state index in [4.69, 9.17) is 33.7 Å². The number of nitrogens with one attached hydrogen (secondary N) is 1. The van der Waals surface area contributed by atoms with E-state index in [9.17, 15) is 4.79 Å². The molecule has 1 aliphatic heterocycles. The molecule has 1 fully saturated rings. The molecule has 0 aromatic heterocycles. The van der Waals surface area contributed by atoms with E-state index in [-0.39, 0.29) is 5.91 Å². The Morgan fingerprint density at radius 1 is 1.29 bits per heavy atom. The molecule has 1 aromatic rings. The number of halogens is 2. The molecule has 4 nitrogen and oxygen atoms in total. The molecule has 1 amide bonds. The monoisotopic (exact) mass is 330 g/mol. The first kappa shape index (κ1) is 16.6. The van der Waals surface area contributed by atoms with Gasteiger partial charge < -0.3 is 15.8 Å². The highest BCUT2D eigenvalue weighted by molar-refractivity contribution is 6.35. The van der Waals surface area contributed by atoms with E-state index in [0.717, 1.165) is 5.56 Å². The van der Waals surface area contributed by atoms with E-state index in [1.54, 1.807) is 18.2 Å². The maximum atomic E-state index is 12.4. The lowest BCUT2D eigenvalue weighted by Crippen LogP contribution is -2.49. The first-order valence-electron chi connectivity index (χ1n) is 7.08. The fourth-order valence-corrected chi connectivity index (χ4v) is 3.13. The molecule has 21 heavy (non-hydrogen) atoms. The molecule has 0 unspecified atom stereocenters. The standard InChI is InChI=1S/C15H20Cl2N2O2/c16-12-2-1-3-13(17)11(12)4-7-19-14(20)15(10-18)5-8-21-9-6-15/h1-3H,4-10,18H2,(H,19,20). The average Bonchev–Trinajstić information content (AvgIpc) is 2.50. The van der Waals surface area contributed by atoms with Gasteiger partial charge in [-0.05, 0) is 37.0 Å². The molecule has 1 saturated heterocycles. The van der Waals surface area contributed by atoms with Gasteiger partial charge in [-0.3, -0.25) is 4.79 Å². The van der Waals surface area contributed by atoms with Crippen molar-refractivity contribution in [3.05, 3.63) is 33.8 Å². The summed E-state index contributed by atoms with van der Waals surface area (Å²) in [6.07, 6.45) is 1.94. The molecule has 1 aliphatic rings. The van der Waals surface area contributed by atoms with Gasteiger partial charge in [-0.15, -0.1) is 0 Å². The van der Waals surface area contributed by atoms with Crippen molar-refractivity contribution in [2.45, 2.75) is 19.3 Å². The summed E-state index contributed by atoms with van der Waals surface area (Å²) in [6.45, 7) is 2.00. The van der Waals surface area contributed by atoms with Crippen molar-refractivity contribution < 1.29 is 9.53 Å². The smallest absolute Gasteiger partial charge is 0.227 e. The molecule has 1 heterocycles. The molecule has 0 spiro atoms. The molecule has 0 atom stereocenters. The van der Waals surface area contributed by atoms with Crippen molar-refractivity contribution in [2.24, 2.45) is 11.1 Å². The third kappa shape index (κ3) is 3.89. The molecule has 0 saturated carbocycles. The van der Waals surface area contributed by atoms with Gasteiger partial charge in [0.15, 0.2) is 0 Å². The van der Waals surface area contributed by atoms with Crippen molar-refractivity contribution >= 4 is 29.1 Å². The van der Waals surface area contributed by atoms with Crippen LogP contribution in [0.15, 0.2) is 18.2 Å². The van der Waals surface area contributed by atoms with Crippen LogP contribution in [-0.4, -0.2) is 32.2 Å². The van der Waals surface area contributed by atoms with Crippen LogP contribution in [0.2, 0.25) is 10.0 Å². The molecule has 116 valence electrons. The summed E-state index contributed by atoms with van der Waals surface area (Å²) in [5.41, 5.74) is 6.17. The normalized spacial score (nSPS) is 17.5. The maximum absolute atomic E-state index is 12.4. The van der Waals surface area contributed by atoms with Gasteiger partial charge in [0.25, 0.3) is 0 Å². The Morgan fingerprint density at radius 2 is 1.90 bits per heavy atom. The first-order chi connectivity index (χ1) is 10.1. The zero-order chi connectivity index (χ0) is 15.3. The van der Waals surface area contributed by atoms with E-state index < -0.39 is 5.41 Å². The highest BCUT2D eigenvalue weighted by atomic mass is 35.5. The summed E-state index contributed by atoms with van der Waals surface area (Å²) < 4.78 is 5.31. The second-order valence-electron chi connectivity index (χ2n) is 5.30. The lowest BCUT2D eigenvalue weighted by molar-refractivity contribution is -0.135. The Balaban J connectivity index is 1.92. The lowest BCUT2D eigenvalue weighted by atomic mass is 9.79. The zero-order valence-electron chi connectivity index (χ0n) is 11.8. The molecular formula is C15H20Cl2N2O2. The SMILES string of the molecule is NCC1(C(=O)NCCc2c(Cl)cccc2Cl)CCOCC1. The Hall–Kier alpha value is -0.810. The van der Waals surface area contributed by atoms with Crippen LogP contribution >= 0.6 is 23.2 Å². The number of benzene rings is 1. The summed E-state index contributed by atoms with van der Waals surface area (Å²) in [6, 6.07) is 5.40. The predicted octanol–water partition coefficient (Wildman–Crippen LogP) is 2.41. The minimum atomic E-state index is -0.497. The number of ether oxygens (including phenoxy) is 1. The second kappa shape index (κ2) is 7.45. The van der Waals surface area contributed by atoms with E-state index in [1.165, 1.54) is 0 Å².